The van der Waals surface area contributed by atoms with Gasteiger partial charge in [-0.05, 0) is 45.2 Å². The van der Waals surface area contributed by atoms with Crippen LogP contribution in [0.15, 0.2) is 41.2 Å². The summed E-state index contributed by atoms with van der Waals surface area (Å²) in [5.41, 5.74) is -0.149. The molecule has 0 saturated carbocycles. The summed E-state index contributed by atoms with van der Waals surface area (Å²) in [5.74, 6) is -6.83. The fraction of sp³-hybridized carbons (Fsp3) is 0.535. The van der Waals surface area contributed by atoms with Crippen molar-refractivity contribution in [3.63, 3.8) is 0 Å². The fourth-order valence-corrected chi connectivity index (χ4v) is 7.99. The third-order valence-electron chi connectivity index (χ3n) is 11.6. The summed E-state index contributed by atoms with van der Waals surface area (Å²) in [6, 6.07) is 0. The Morgan fingerprint density at radius 2 is 1.67 bits per heavy atom. The van der Waals surface area contributed by atoms with E-state index in [1.807, 2.05) is 40.8 Å². The minimum absolute atomic E-state index is 0.0243. The number of hydrazone groups is 1. The van der Waals surface area contributed by atoms with Crippen LogP contribution >= 0.6 is 0 Å². The molecular formula is C43H58N4O11. The average Bonchev–Trinajstić information content (AvgIpc) is 3.44. The Balaban J connectivity index is 1.69. The number of anilines is 1. The third kappa shape index (κ3) is 8.81. The minimum atomic E-state index is -2.01. The maximum absolute atomic E-state index is 14.4. The number of phenolic OH excluding ortho intramolecular Hbond substituents is 3. The monoisotopic (exact) mass is 806 g/mol. The first-order valence-corrected chi connectivity index (χ1v) is 19.7. The lowest BCUT2D eigenvalue weighted by Crippen LogP contribution is -2.44. The maximum atomic E-state index is 14.4. The lowest BCUT2D eigenvalue weighted by atomic mass is 9.79. The van der Waals surface area contributed by atoms with Crippen molar-refractivity contribution in [3.05, 3.63) is 52.8 Å². The predicted molar refractivity (Wildman–Crippen MR) is 219 cm³/mol. The summed E-state index contributed by atoms with van der Waals surface area (Å²) in [6.45, 7) is 15.9. The third-order valence-corrected chi connectivity index (χ3v) is 11.6. The Labute approximate surface area is 339 Å². The quantitative estimate of drug-likeness (QED) is 0.115. The van der Waals surface area contributed by atoms with E-state index >= 15 is 0 Å². The number of methoxy groups -OCH3 is 1. The van der Waals surface area contributed by atoms with E-state index in [-0.39, 0.29) is 56.3 Å². The molecule has 4 aliphatic rings. The number of allylic oxidation sites excluding steroid dienone is 3. The number of ether oxygens (including phenoxy) is 4. The molecule has 2 aromatic carbocycles. The summed E-state index contributed by atoms with van der Waals surface area (Å²) >= 11 is 0. The van der Waals surface area contributed by atoms with Gasteiger partial charge in [-0.2, -0.15) is 5.10 Å². The van der Waals surface area contributed by atoms with Gasteiger partial charge in [0.2, 0.25) is 0 Å². The van der Waals surface area contributed by atoms with Crippen LogP contribution in [-0.2, 0) is 23.8 Å². The molecule has 8 atom stereocenters. The molecule has 6 rings (SSSR count). The second-order valence-electron chi connectivity index (χ2n) is 16.1. The van der Waals surface area contributed by atoms with Gasteiger partial charge in [0.05, 0.1) is 46.9 Å². The summed E-state index contributed by atoms with van der Waals surface area (Å²) in [7, 11) is 3.47. The van der Waals surface area contributed by atoms with Crippen LogP contribution in [0.3, 0.4) is 0 Å². The van der Waals surface area contributed by atoms with E-state index < -0.39 is 70.8 Å². The number of likely N-dealkylation sites (N-methyl/N-ethyl adjacent to an activating group) is 1. The molecule has 8 unspecified atom stereocenters. The SMILES string of the molecule is COC1C=COC2(C)Oc3c(C)c(O)c4c(O)c(c(/C=N/N5CCN(C)CC5)c(O)c4c3C2=O)NC(=O)C(C)=CC=CC(C)CC(C)C(O)C(C)C(OC(C)=O)C1C. The molecule has 1 saturated heterocycles. The molecule has 5 bridgehead atoms. The zero-order valence-corrected chi connectivity index (χ0v) is 35.0. The van der Waals surface area contributed by atoms with Gasteiger partial charge in [-0.15, -0.1) is 0 Å². The fourth-order valence-electron chi connectivity index (χ4n) is 7.99. The van der Waals surface area contributed by atoms with Crippen molar-refractivity contribution in [2.24, 2.45) is 28.8 Å². The highest BCUT2D eigenvalue weighted by atomic mass is 16.7. The van der Waals surface area contributed by atoms with E-state index in [0.717, 1.165) is 13.1 Å². The van der Waals surface area contributed by atoms with Crippen LogP contribution in [0.4, 0.5) is 5.69 Å². The number of nitrogens with zero attached hydrogens (tertiary/aromatic N) is 3. The highest BCUT2D eigenvalue weighted by molar-refractivity contribution is 6.23. The number of amides is 1. The van der Waals surface area contributed by atoms with Crippen LogP contribution in [0.2, 0.25) is 0 Å². The highest BCUT2D eigenvalue weighted by Crippen LogP contribution is 2.55. The largest absolute Gasteiger partial charge is 0.507 e. The Hall–Kier alpha value is -5.12. The van der Waals surface area contributed by atoms with E-state index in [2.05, 4.69) is 15.3 Å². The lowest BCUT2D eigenvalue weighted by molar-refractivity contribution is -0.159. The molecule has 0 aromatic heterocycles. The number of hydrogen-bond acceptors (Lipinski definition) is 14. The zero-order chi connectivity index (χ0) is 42.8. The lowest BCUT2D eigenvalue weighted by Gasteiger charge is -2.36. The number of fused-ring (bicyclic) bond motifs is 14. The van der Waals surface area contributed by atoms with Crippen LogP contribution in [0, 0.1) is 30.6 Å². The van der Waals surface area contributed by atoms with Crippen molar-refractivity contribution in [1.29, 1.82) is 0 Å². The summed E-state index contributed by atoms with van der Waals surface area (Å²) in [5, 5.41) is 55.6. The van der Waals surface area contributed by atoms with Gasteiger partial charge >= 0.3 is 11.8 Å². The number of carbonyl (C=O) groups is 3. The minimum Gasteiger partial charge on any atom is -0.507 e. The van der Waals surface area contributed by atoms with Gasteiger partial charge in [-0.25, -0.2) is 0 Å². The number of Topliss-reactive ketones (excluding diaryl/α,β-unsaturated/α-hetero) is 1. The van der Waals surface area contributed by atoms with Gasteiger partial charge in [-0.1, -0.05) is 45.9 Å². The number of carbonyl (C=O) groups excluding carboxylic acids is 3. The van der Waals surface area contributed by atoms with E-state index in [0.29, 0.717) is 19.5 Å². The standard InChI is InChI=1S/C43H58N4O11/c1-22-12-11-13-23(2)42(54)45-34-29(21-44-47-17-15-46(9)16-18-47)37(51)31-32(38(34)52)36(50)27(6)40-33(31)41(53)43(8,58-40)56-19-14-30(55-10)25(4)39(57-28(7)48)26(5)35(49)24(3)20-22/h11-14,19,21-22,24-26,30,35,39,49-52H,15-18,20H2,1-10H3,(H,45,54)/b12-11?,19-14?,23-13?,44-21+. The summed E-state index contributed by atoms with van der Waals surface area (Å²) in [4.78, 5) is 42.6. The Bertz CT molecular complexity index is 2040. The number of aromatic hydroxyl groups is 3. The number of rotatable bonds is 4. The molecule has 316 valence electrons. The smallest absolute Gasteiger partial charge is 0.312 e. The number of aliphatic hydroxyl groups excluding tert-OH is 1. The maximum Gasteiger partial charge on any atom is 0.312 e. The van der Waals surface area contributed by atoms with Crippen LogP contribution in [0.25, 0.3) is 10.8 Å². The van der Waals surface area contributed by atoms with E-state index in [4.69, 9.17) is 18.9 Å². The molecule has 2 aromatic rings. The van der Waals surface area contributed by atoms with Crippen molar-refractivity contribution in [3.8, 4) is 23.0 Å². The van der Waals surface area contributed by atoms with E-state index in [9.17, 15) is 34.8 Å². The number of hydrogen-bond donors (Lipinski definition) is 5. The molecule has 4 aliphatic heterocycles. The highest BCUT2D eigenvalue weighted by Gasteiger charge is 2.50. The zero-order valence-electron chi connectivity index (χ0n) is 35.0. The van der Waals surface area contributed by atoms with Crippen molar-refractivity contribution >= 4 is 40.3 Å². The molecule has 1 amide bonds. The number of phenols is 3. The second kappa shape index (κ2) is 17.8. The molecule has 15 heteroatoms. The molecule has 5 N–H and O–H groups in total. The second-order valence-corrected chi connectivity index (χ2v) is 16.1. The van der Waals surface area contributed by atoms with Gasteiger partial charge < -0.3 is 49.6 Å². The van der Waals surface area contributed by atoms with Crippen LogP contribution < -0.4 is 10.1 Å². The number of piperazine rings is 1. The molecule has 1 fully saturated rings. The Morgan fingerprint density at radius 1 is 1.00 bits per heavy atom. The molecule has 0 aliphatic carbocycles. The van der Waals surface area contributed by atoms with Crippen molar-refractivity contribution in [1.82, 2.24) is 9.91 Å². The molecule has 0 radical (unpaired) electrons. The van der Waals surface area contributed by atoms with Crippen molar-refractivity contribution in [2.45, 2.75) is 85.9 Å². The van der Waals surface area contributed by atoms with Gasteiger partial charge in [0.1, 0.15) is 23.4 Å². The first-order chi connectivity index (χ1) is 27.3. The van der Waals surface area contributed by atoms with Crippen molar-refractivity contribution in [2.75, 3.05) is 45.7 Å². The Morgan fingerprint density at radius 3 is 2.31 bits per heavy atom. The molecule has 15 nitrogen and oxygen atoms in total. The molecule has 4 heterocycles. The number of ketones is 1. The Kier molecular flexibility index (Phi) is 13.5. The molecule has 58 heavy (non-hydrogen) atoms. The van der Waals surface area contributed by atoms with Gasteiger partial charge in [0, 0.05) is 75.5 Å². The first-order valence-electron chi connectivity index (χ1n) is 19.7. The number of aliphatic hydroxyl groups is 1. The van der Waals surface area contributed by atoms with Gasteiger partial charge in [0.15, 0.2) is 5.75 Å². The van der Waals surface area contributed by atoms with Crippen LogP contribution in [0.1, 0.15) is 76.4 Å². The van der Waals surface area contributed by atoms with Gasteiger partial charge in [-0.3, -0.25) is 19.4 Å². The summed E-state index contributed by atoms with van der Waals surface area (Å²) < 4.78 is 23.7. The van der Waals surface area contributed by atoms with Crippen molar-refractivity contribution < 1.29 is 53.8 Å². The predicted octanol–water partition coefficient (Wildman–Crippen LogP) is 5.36. The van der Waals surface area contributed by atoms with Crippen LogP contribution in [0.5, 0.6) is 23.0 Å². The topological polar surface area (TPSA) is 200 Å². The van der Waals surface area contributed by atoms with E-state index in [1.165, 1.54) is 40.4 Å². The van der Waals surface area contributed by atoms with Crippen LogP contribution in [-0.4, -0.2) is 119 Å². The molecular weight excluding hydrogens is 748 g/mol. The first kappa shape index (κ1) is 44.0. The number of benzene rings is 2. The van der Waals surface area contributed by atoms with Gasteiger partial charge in [0.25, 0.3) is 11.7 Å². The summed E-state index contributed by atoms with van der Waals surface area (Å²) in [6.07, 6.45) is 7.55. The molecule has 0 spiro atoms. The number of esters is 1. The van der Waals surface area contributed by atoms with E-state index in [1.54, 1.807) is 30.2 Å². The average molecular weight is 807 g/mol. The number of nitrogens with one attached hydrogen (secondary N) is 1. The normalized spacial score (nSPS) is 29.1.